The van der Waals surface area contributed by atoms with Crippen molar-refractivity contribution < 1.29 is 14.3 Å². The molecule has 2 aromatic carbocycles. The summed E-state index contributed by atoms with van der Waals surface area (Å²) in [6, 6.07) is 11.9. The molecule has 0 spiro atoms. The summed E-state index contributed by atoms with van der Waals surface area (Å²) < 4.78 is 14.3. The molecule has 6 heteroatoms. The van der Waals surface area contributed by atoms with Crippen molar-refractivity contribution in [1.29, 1.82) is 0 Å². The average Bonchev–Trinajstić information content (AvgIpc) is 2.79. The van der Waals surface area contributed by atoms with Crippen LogP contribution < -0.4 is 14.2 Å². The molecule has 30 heavy (non-hydrogen) atoms. The molecule has 1 N–H and O–H groups in total. The van der Waals surface area contributed by atoms with E-state index in [1.807, 2.05) is 38.1 Å². The maximum atomic E-state index is 11.3. The van der Waals surface area contributed by atoms with E-state index < -0.39 is 0 Å². The van der Waals surface area contributed by atoms with Crippen molar-refractivity contribution >= 4 is 17.7 Å². The summed E-state index contributed by atoms with van der Waals surface area (Å²) in [5.41, 5.74) is 3.44. The lowest BCUT2D eigenvalue weighted by Crippen LogP contribution is -2.32. The SMILES string of the molecule is CC.COc1cc2c(cc1OC)CN(CCCNSc1ccc(C(C)=O)cc1)CC2. The van der Waals surface area contributed by atoms with Gasteiger partial charge in [-0.25, -0.2) is 0 Å². The van der Waals surface area contributed by atoms with Crippen molar-refractivity contribution in [3.8, 4) is 11.5 Å². The van der Waals surface area contributed by atoms with E-state index >= 15 is 0 Å². The van der Waals surface area contributed by atoms with Crippen LogP contribution in [0.15, 0.2) is 41.3 Å². The van der Waals surface area contributed by atoms with Gasteiger partial charge in [0, 0.05) is 30.1 Å². The highest BCUT2D eigenvalue weighted by atomic mass is 32.2. The third-order valence-corrected chi connectivity index (χ3v) is 5.86. The van der Waals surface area contributed by atoms with Crippen LogP contribution >= 0.6 is 11.9 Å². The van der Waals surface area contributed by atoms with Crippen LogP contribution in [0.2, 0.25) is 0 Å². The third kappa shape index (κ3) is 6.76. The first-order chi connectivity index (χ1) is 14.6. The zero-order valence-corrected chi connectivity index (χ0v) is 19.6. The second kappa shape index (κ2) is 12.6. The minimum absolute atomic E-state index is 0.101. The Hall–Kier alpha value is -2.02. The molecule has 1 heterocycles. The largest absolute Gasteiger partial charge is 0.493 e. The van der Waals surface area contributed by atoms with Crippen LogP contribution in [0.1, 0.15) is 48.7 Å². The predicted octanol–water partition coefficient (Wildman–Crippen LogP) is 4.98. The van der Waals surface area contributed by atoms with E-state index in [1.165, 1.54) is 11.1 Å². The molecule has 2 aromatic rings. The van der Waals surface area contributed by atoms with Gasteiger partial charge in [-0.1, -0.05) is 26.0 Å². The molecule has 3 rings (SSSR count). The van der Waals surface area contributed by atoms with E-state index in [4.69, 9.17) is 9.47 Å². The molecule has 164 valence electrons. The second-order valence-corrected chi connectivity index (χ2v) is 7.90. The average molecular weight is 431 g/mol. The Labute approximate surface area is 185 Å². The Morgan fingerprint density at radius 2 is 1.70 bits per heavy atom. The summed E-state index contributed by atoms with van der Waals surface area (Å²) in [4.78, 5) is 14.9. The summed E-state index contributed by atoms with van der Waals surface area (Å²) in [6.07, 6.45) is 2.13. The maximum Gasteiger partial charge on any atom is 0.161 e. The molecule has 0 unspecified atom stereocenters. The third-order valence-electron chi connectivity index (χ3n) is 5.00. The molecule has 0 radical (unpaired) electrons. The summed E-state index contributed by atoms with van der Waals surface area (Å²) in [5.74, 6) is 1.72. The molecule has 0 bridgehead atoms. The molecule has 0 aromatic heterocycles. The lowest BCUT2D eigenvalue weighted by Gasteiger charge is -2.29. The fourth-order valence-electron chi connectivity index (χ4n) is 3.40. The molecule has 0 aliphatic carbocycles. The number of fused-ring (bicyclic) bond motifs is 1. The number of hydrogen-bond donors (Lipinski definition) is 1. The number of methoxy groups -OCH3 is 2. The van der Waals surface area contributed by atoms with Crippen molar-refractivity contribution in [2.45, 2.75) is 45.1 Å². The molecular formula is C24H34N2O3S. The Morgan fingerprint density at radius 3 is 2.30 bits per heavy atom. The number of ether oxygens (including phenoxy) is 2. The van der Waals surface area contributed by atoms with Gasteiger partial charge in [-0.3, -0.25) is 14.4 Å². The van der Waals surface area contributed by atoms with Gasteiger partial charge in [-0.15, -0.1) is 0 Å². The van der Waals surface area contributed by atoms with E-state index in [-0.39, 0.29) is 5.78 Å². The molecule has 5 nitrogen and oxygen atoms in total. The Bertz CT molecular complexity index is 809. The molecule has 0 saturated heterocycles. The van der Waals surface area contributed by atoms with Gasteiger partial charge >= 0.3 is 0 Å². The number of ketones is 1. The fraction of sp³-hybridized carbons (Fsp3) is 0.458. The van der Waals surface area contributed by atoms with Crippen LogP contribution in [0, 0.1) is 0 Å². The highest BCUT2D eigenvalue weighted by Crippen LogP contribution is 2.33. The van der Waals surface area contributed by atoms with Crippen LogP contribution in [0.5, 0.6) is 11.5 Å². The van der Waals surface area contributed by atoms with Crippen molar-refractivity contribution in [1.82, 2.24) is 9.62 Å². The highest BCUT2D eigenvalue weighted by molar-refractivity contribution is 7.97. The zero-order chi connectivity index (χ0) is 21.9. The topological polar surface area (TPSA) is 50.8 Å². The quantitative estimate of drug-likeness (QED) is 0.344. The van der Waals surface area contributed by atoms with E-state index in [0.717, 1.165) is 61.0 Å². The minimum Gasteiger partial charge on any atom is -0.493 e. The Balaban J connectivity index is 0.00000155. The number of hydrogen-bond acceptors (Lipinski definition) is 6. The maximum absolute atomic E-state index is 11.3. The smallest absolute Gasteiger partial charge is 0.161 e. The summed E-state index contributed by atoms with van der Waals surface area (Å²) in [5, 5.41) is 0. The van der Waals surface area contributed by atoms with Crippen molar-refractivity contribution in [3.63, 3.8) is 0 Å². The highest BCUT2D eigenvalue weighted by Gasteiger charge is 2.19. The van der Waals surface area contributed by atoms with Gasteiger partial charge in [-0.2, -0.15) is 0 Å². The summed E-state index contributed by atoms with van der Waals surface area (Å²) >= 11 is 1.61. The van der Waals surface area contributed by atoms with Gasteiger partial charge in [0.2, 0.25) is 0 Å². The van der Waals surface area contributed by atoms with E-state index in [0.29, 0.717) is 0 Å². The molecule has 1 aliphatic rings. The van der Waals surface area contributed by atoms with Gasteiger partial charge in [0.1, 0.15) is 0 Å². The van der Waals surface area contributed by atoms with Gasteiger partial charge < -0.3 is 9.47 Å². The van der Waals surface area contributed by atoms with Gasteiger partial charge in [0.15, 0.2) is 17.3 Å². The summed E-state index contributed by atoms with van der Waals surface area (Å²) in [6.45, 7) is 9.61. The van der Waals surface area contributed by atoms with Gasteiger partial charge in [0.05, 0.1) is 14.2 Å². The summed E-state index contributed by atoms with van der Waals surface area (Å²) in [7, 11) is 3.36. The Kier molecular flexibility index (Phi) is 10.2. The number of Topliss-reactive ketones (excluding diaryl/α,β-unsaturated/α-hetero) is 1. The lowest BCUT2D eigenvalue weighted by molar-refractivity contribution is 0.101. The van der Waals surface area contributed by atoms with Gasteiger partial charge in [-0.05, 0) is 73.7 Å². The first-order valence-electron chi connectivity index (χ1n) is 10.6. The van der Waals surface area contributed by atoms with Crippen LogP contribution in [0.3, 0.4) is 0 Å². The molecular weight excluding hydrogens is 396 g/mol. The zero-order valence-electron chi connectivity index (χ0n) is 18.8. The number of rotatable bonds is 9. The number of nitrogens with zero attached hydrogens (tertiary/aromatic N) is 1. The minimum atomic E-state index is 0.101. The van der Waals surface area contributed by atoms with E-state index in [2.05, 4.69) is 21.8 Å². The predicted molar refractivity (Wildman–Crippen MR) is 125 cm³/mol. The Morgan fingerprint density at radius 1 is 1.07 bits per heavy atom. The number of benzene rings is 2. The fourth-order valence-corrected chi connectivity index (χ4v) is 4.08. The molecule has 0 atom stereocenters. The van der Waals surface area contributed by atoms with Gasteiger partial charge in [0.25, 0.3) is 0 Å². The van der Waals surface area contributed by atoms with Crippen LogP contribution in [-0.4, -0.2) is 44.5 Å². The monoisotopic (exact) mass is 430 g/mol. The van der Waals surface area contributed by atoms with Crippen LogP contribution in [0.25, 0.3) is 0 Å². The molecule has 0 amide bonds. The normalized spacial score (nSPS) is 13.1. The first-order valence-corrected chi connectivity index (χ1v) is 11.4. The number of carbonyl (C=O) groups excluding carboxylic acids is 1. The van der Waals surface area contributed by atoms with Crippen molar-refractivity contribution in [2.24, 2.45) is 0 Å². The molecule has 1 aliphatic heterocycles. The van der Waals surface area contributed by atoms with Crippen LogP contribution in [0.4, 0.5) is 0 Å². The van der Waals surface area contributed by atoms with E-state index in [9.17, 15) is 4.79 Å². The molecule has 0 fully saturated rings. The van der Waals surface area contributed by atoms with E-state index in [1.54, 1.807) is 33.1 Å². The second-order valence-electron chi connectivity index (χ2n) is 6.93. The number of nitrogens with one attached hydrogen (secondary N) is 1. The van der Waals surface area contributed by atoms with Crippen LogP contribution in [-0.2, 0) is 13.0 Å². The lowest BCUT2D eigenvalue weighted by atomic mass is 9.98. The number of carbonyl (C=O) groups is 1. The van der Waals surface area contributed by atoms with Crippen molar-refractivity contribution in [3.05, 3.63) is 53.1 Å². The first kappa shape index (κ1) is 24.3. The standard InChI is InChI=1S/C22H28N2O3S.C2H6/c1-16(25)17-5-7-20(8-6-17)28-23-10-4-11-24-12-9-18-13-21(26-2)22(27-3)14-19(18)15-24;1-2/h5-8,13-14,23H,4,9-12,15H2,1-3H3;1-2H3. The van der Waals surface area contributed by atoms with Crippen molar-refractivity contribution in [2.75, 3.05) is 33.9 Å². The molecule has 0 saturated carbocycles.